The van der Waals surface area contributed by atoms with Crippen molar-refractivity contribution in [1.29, 1.82) is 0 Å². The maximum Gasteiger partial charge on any atom is 0.267 e. The maximum absolute atomic E-state index is 13.6. The van der Waals surface area contributed by atoms with Gasteiger partial charge in [-0.1, -0.05) is 18.2 Å². The molecule has 0 aliphatic heterocycles. The van der Waals surface area contributed by atoms with Crippen LogP contribution in [0.3, 0.4) is 0 Å². The van der Waals surface area contributed by atoms with Crippen LogP contribution in [0.1, 0.15) is 22.3 Å². The molecule has 11 heteroatoms. The van der Waals surface area contributed by atoms with Crippen molar-refractivity contribution in [2.24, 2.45) is 5.73 Å². The summed E-state index contributed by atoms with van der Waals surface area (Å²) in [6.07, 6.45) is 3.50. The third kappa shape index (κ3) is 5.63. The molecule has 0 spiro atoms. The van der Waals surface area contributed by atoms with Gasteiger partial charge in [-0.05, 0) is 42.8 Å². The first kappa shape index (κ1) is 24.7. The number of halogens is 3. The number of amides is 1. The summed E-state index contributed by atoms with van der Waals surface area (Å²) in [4.78, 5) is 33.0. The second-order valence-corrected chi connectivity index (χ2v) is 7.86. The zero-order valence-corrected chi connectivity index (χ0v) is 18.9. The lowest BCUT2D eigenvalue weighted by Gasteiger charge is -2.09. The van der Waals surface area contributed by atoms with Crippen LogP contribution in [-0.2, 0) is 6.54 Å². The third-order valence-corrected chi connectivity index (χ3v) is 5.24. The Balaban J connectivity index is 1.55. The van der Waals surface area contributed by atoms with E-state index in [2.05, 4.69) is 20.4 Å². The van der Waals surface area contributed by atoms with Crippen molar-refractivity contribution in [3.05, 3.63) is 99.9 Å². The van der Waals surface area contributed by atoms with E-state index in [-0.39, 0.29) is 23.7 Å². The first-order valence-electron chi connectivity index (χ1n) is 11.0. The number of hydrogen-bond acceptors (Lipinski definition) is 6. The van der Waals surface area contributed by atoms with Gasteiger partial charge in [0.2, 0.25) is 0 Å². The van der Waals surface area contributed by atoms with Gasteiger partial charge in [-0.15, -0.1) is 0 Å². The van der Waals surface area contributed by atoms with Crippen LogP contribution in [0.4, 0.5) is 13.2 Å². The highest BCUT2D eigenvalue weighted by atomic mass is 19.2. The summed E-state index contributed by atoms with van der Waals surface area (Å²) in [5.74, 6) is -4.20. The van der Waals surface area contributed by atoms with Crippen LogP contribution in [0, 0.1) is 17.5 Å². The molecule has 0 aliphatic rings. The Morgan fingerprint density at radius 1 is 0.972 bits per heavy atom. The van der Waals surface area contributed by atoms with Crippen LogP contribution in [0.5, 0.6) is 0 Å². The minimum Gasteiger partial charge on any atom is -0.352 e. The monoisotopic (exact) mass is 494 g/mol. The molecule has 0 aliphatic carbocycles. The molecule has 0 radical (unpaired) electrons. The van der Waals surface area contributed by atoms with Crippen molar-refractivity contribution < 1.29 is 18.0 Å². The van der Waals surface area contributed by atoms with Crippen molar-refractivity contribution in [1.82, 2.24) is 25.1 Å². The van der Waals surface area contributed by atoms with Gasteiger partial charge in [-0.3, -0.25) is 9.59 Å². The number of benzene rings is 2. The second kappa shape index (κ2) is 10.9. The quantitative estimate of drug-likeness (QED) is 0.288. The van der Waals surface area contributed by atoms with Crippen molar-refractivity contribution in [3.63, 3.8) is 0 Å². The predicted octanol–water partition coefficient (Wildman–Crippen LogP) is 2.91. The minimum absolute atomic E-state index is 0.00513. The Morgan fingerprint density at radius 2 is 1.69 bits per heavy atom. The standard InChI is InChI=1S/C25H21F3N6O2/c26-19-10-17(11-20(27)23(19)28)21-5-6-22(35)34(33-21)14-15-3-1-4-16(9-15)24-31-12-18(13-32-24)25(36)30-8-2-7-29/h1,3-6,9-13H,2,7-8,14,29H2,(H,30,36). The lowest BCUT2D eigenvalue weighted by Crippen LogP contribution is -2.26. The number of nitrogens with one attached hydrogen (secondary N) is 1. The number of rotatable bonds is 8. The fourth-order valence-corrected chi connectivity index (χ4v) is 3.40. The molecule has 3 N–H and O–H groups in total. The summed E-state index contributed by atoms with van der Waals surface area (Å²) in [5.41, 5.74) is 6.72. The highest BCUT2D eigenvalue weighted by Crippen LogP contribution is 2.22. The molecule has 2 aromatic carbocycles. The van der Waals surface area contributed by atoms with Crippen LogP contribution >= 0.6 is 0 Å². The van der Waals surface area contributed by atoms with Gasteiger partial charge in [-0.25, -0.2) is 27.8 Å². The van der Waals surface area contributed by atoms with Gasteiger partial charge in [0.25, 0.3) is 11.5 Å². The molecule has 0 saturated carbocycles. The molecule has 0 fully saturated rings. The Hall–Kier alpha value is -4.38. The minimum atomic E-state index is -1.58. The first-order chi connectivity index (χ1) is 17.4. The van der Waals surface area contributed by atoms with E-state index < -0.39 is 23.0 Å². The lowest BCUT2D eigenvalue weighted by molar-refractivity contribution is 0.0952. The number of nitrogens with zero attached hydrogens (tertiary/aromatic N) is 4. The van der Waals surface area contributed by atoms with E-state index in [4.69, 9.17) is 5.73 Å². The number of hydrogen-bond donors (Lipinski definition) is 2. The Labute approximate surface area is 203 Å². The molecular weight excluding hydrogens is 473 g/mol. The Bertz CT molecular complexity index is 1430. The zero-order valence-electron chi connectivity index (χ0n) is 18.9. The fraction of sp³-hybridized carbons (Fsp3) is 0.160. The molecule has 0 bridgehead atoms. The van der Waals surface area contributed by atoms with E-state index in [9.17, 15) is 22.8 Å². The van der Waals surface area contributed by atoms with E-state index in [1.807, 2.05) is 0 Å². The van der Waals surface area contributed by atoms with E-state index in [0.717, 1.165) is 16.8 Å². The summed E-state index contributed by atoms with van der Waals surface area (Å²) >= 11 is 0. The molecule has 0 unspecified atom stereocenters. The van der Waals surface area contributed by atoms with Crippen LogP contribution < -0.4 is 16.6 Å². The molecule has 0 atom stereocenters. The van der Waals surface area contributed by atoms with Gasteiger partial charge in [-0.2, -0.15) is 5.10 Å². The summed E-state index contributed by atoms with van der Waals surface area (Å²) < 4.78 is 41.7. The largest absolute Gasteiger partial charge is 0.352 e. The SMILES string of the molecule is NCCCNC(=O)c1cnc(-c2cccc(Cn3nc(-c4cc(F)c(F)c(F)c4)ccc3=O)c2)nc1. The van der Waals surface area contributed by atoms with Crippen LogP contribution in [0.15, 0.2) is 65.7 Å². The molecule has 184 valence electrons. The Kier molecular flexibility index (Phi) is 7.50. The van der Waals surface area contributed by atoms with Crippen LogP contribution in [0.25, 0.3) is 22.6 Å². The summed E-state index contributed by atoms with van der Waals surface area (Å²) in [5, 5.41) is 6.91. The normalized spacial score (nSPS) is 10.9. The highest BCUT2D eigenvalue weighted by molar-refractivity contribution is 5.93. The molecular formula is C25H21F3N6O2. The average molecular weight is 494 g/mol. The summed E-state index contributed by atoms with van der Waals surface area (Å²) in [6, 6.07) is 11.2. The number of carbonyl (C=O) groups excluding carboxylic acids is 1. The summed E-state index contributed by atoms with van der Waals surface area (Å²) in [6.45, 7) is 0.981. The number of nitrogens with two attached hydrogens (primary N) is 1. The maximum atomic E-state index is 13.6. The zero-order chi connectivity index (χ0) is 25.7. The molecule has 0 saturated heterocycles. The first-order valence-corrected chi connectivity index (χ1v) is 11.0. The average Bonchev–Trinajstić information content (AvgIpc) is 2.88. The molecule has 2 heterocycles. The smallest absolute Gasteiger partial charge is 0.267 e. The van der Waals surface area contributed by atoms with E-state index in [1.165, 1.54) is 24.5 Å². The van der Waals surface area contributed by atoms with Gasteiger partial charge in [0.1, 0.15) is 0 Å². The topological polar surface area (TPSA) is 116 Å². The molecule has 4 aromatic rings. The number of aromatic nitrogens is 4. The van der Waals surface area contributed by atoms with Crippen molar-refractivity contribution in [3.8, 4) is 22.6 Å². The fourth-order valence-electron chi connectivity index (χ4n) is 3.40. The Morgan fingerprint density at radius 3 is 2.39 bits per heavy atom. The van der Waals surface area contributed by atoms with Crippen LogP contribution in [-0.4, -0.2) is 38.7 Å². The van der Waals surface area contributed by atoms with Gasteiger partial charge in [0.15, 0.2) is 23.3 Å². The van der Waals surface area contributed by atoms with E-state index >= 15 is 0 Å². The van der Waals surface area contributed by atoms with Crippen molar-refractivity contribution in [2.75, 3.05) is 13.1 Å². The van der Waals surface area contributed by atoms with Gasteiger partial charge >= 0.3 is 0 Å². The van der Waals surface area contributed by atoms with E-state index in [1.54, 1.807) is 24.3 Å². The predicted molar refractivity (Wildman–Crippen MR) is 126 cm³/mol. The molecule has 2 aromatic heterocycles. The van der Waals surface area contributed by atoms with Gasteiger partial charge in [0, 0.05) is 36.1 Å². The highest BCUT2D eigenvalue weighted by Gasteiger charge is 2.14. The van der Waals surface area contributed by atoms with E-state index in [0.29, 0.717) is 42.0 Å². The van der Waals surface area contributed by atoms with Gasteiger partial charge < -0.3 is 11.1 Å². The van der Waals surface area contributed by atoms with Crippen molar-refractivity contribution in [2.45, 2.75) is 13.0 Å². The number of carbonyl (C=O) groups is 1. The van der Waals surface area contributed by atoms with Crippen LogP contribution in [0.2, 0.25) is 0 Å². The molecule has 8 nitrogen and oxygen atoms in total. The molecule has 1 amide bonds. The van der Waals surface area contributed by atoms with Gasteiger partial charge in [0.05, 0.1) is 17.8 Å². The lowest BCUT2D eigenvalue weighted by atomic mass is 10.1. The van der Waals surface area contributed by atoms with Crippen molar-refractivity contribution >= 4 is 5.91 Å². The molecule has 4 rings (SSSR count). The summed E-state index contributed by atoms with van der Waals surface area (Å²) in [7, 11) is 0. The molecule has 36 heavy (non-hydrogen) atoms. The second-order valence-electron chi connectivity index (χ2n) is 7.86. The third-order valence-electron chi connectivity index (χ3n) is 5.24.